The van der Waals surface area contributed by atoms with Crippen LogP contribution in [0.4, 0.5) is 0 Å². The van der Waals surface area contributed by atoms with Gasteiger partial charge in [-0.15, -0.1) is 10.2 Å². The third kappa shape index (κ3) is 7.38. The molecule has 0 unspecified atom stereocenters. The van der Waals surface area contributed by atoms with Crippen LogP contribution in [0.1, 0.15) is 42.5 Å². The van der Waals surface area contributed by atoms with Gasteiger partial charge in [-0.3, -0.25) is 0 Å². The Bertz CT molecular complexity index is 787. The van der Waals surface area contributed by atoms with E-state index in [4.69, 9.17) is 14.5 Å². The minimum Gasteiger partial charge on any atom is -0.491 e. The molecule has 0 aliphatic carbocycles. The first-order valence-corrected chi connectivity index (χ1v) is 10.1. The second kappa shape index (κ2) is 12.1. The molecule has 0 atom stereocenters. The van der Waals surface area contributed by atoms with E-state index in [2.05, 4.69) is 46.8 Å². The van der Waals surface area contributed by atoms with Gasteiger partial charge in [-0.25, -0.2) is 4.99 Å². The average Bonchev–Trinajstić information content (AvgIpc) is 3.03. The average molecular weight is 403 g/mol. The van der Waals surface area contributed by atoms with Crippen LogP contribution in [0.2, 0.25) is 0 Å². The van der Waals surface area contributed by atoms with Crippen molar-refractivity contribution in [1.82, 2.24) is 25.4 Å². The molecule has 0 amide bonds. The van der Waals surface area contributed by atoms with Gasteiger partial charge < -0.3 is 24.7 Å². The van der Waals surface area contributed by atoms with Gasteiger partial charge in [-0.1, -0.05) is 25.5 Å². The van der Waals surface area contributed by atoms with E-state index in [1.54, 1.807) is 7.11 Å². The van der Waals surface area contributed by atoms with E-state index in [0.29, 0.717) is 26.3 Å². The highest BCUT2D eigenvalue weighted by Crippen LogP contribution is 2.21. The number of methoxy groups -OCH3 is 1. The van der Waals surface area contributed by atoms with Crippen LogP contribution in [0.5, 0.6) is 5.75 Å². The van der Waals surface area contributed by atoms with Crippen molar-refractivity contribution in [3.05, 3.63) is 41.0 Å². The quantitative estimate of drug-likeness (QED) is 0.341. The molecule has 0 saturated heterocycles. The molecule has 8 nitrogen and oxygen atoms in total. The van der Waals surface area contributed by atoms with E-state index in [-0.39, 0.29) is 0 Å². The van der Waals surface area contributed by atoms with Crippen molar-refractivity contribution in [2.75, 3.05) is 26.9 Å². The highest BCUT2D eigenvalue weighted by Gasteiger charge is 2.08. The second-order valence-corrected chi connectivity index (χ2v) is 6.97. The summed E-state index contributed by atoms with van der Waals surface area (Å²) >= 11 is 0. The topological polar surface area (TPSA) is 85.6 Å². The normalized spacial score (nSPS) is 11.6. The smallest absolute Gasteiger partial charge is 0.191 e. The van der Waals surface area contributed by atoms with E-state index in [1.165, 1.54) is 0 Å². The number of aryl methyl sites for hydroxylation is 2. The fourth-order valence-electron chi connectivity index (χ4n) is 2.65. The largest absolute Gasteiger partial charge is 0.491 e. The fourth-order valence-corrected chi connectivity index (χ4v) is 2.65. The summed E-state index contributed by atoms with van der Waals surface area (Å²) in [6.07, 6.45) is 2.21. The molecule has 2 N–H and O–H groups in total. The van der Waals surface area contributed by atoms with Gasteiger partial charge in [0.15, 0.2) is 11.8 Å². The Labute approximate surface area is 173 Å². The summed E-state index contributed by atoms with van der Waals surface area (Å²) in [4.78, 5) is 4.76. The molecule has 2 rings (SSSR count). The fraction of sp³-hybridized carbons (Fsp3) is 0.571. The Morgan fingerprint density at radius 2 is 2.00 bits per heavy atom. The number of hydrogen-bond acceptors (Lipinski definition) is 5. The number of guanidine groups is 1. The lowest BCUT2D eigenvalue weighted by atomic mass is 10.1. The van der Waals surface area contributed by atoms with Gasteiger partial charge in [0, 0.05) is 26.3 Å². The number of unbranched alkanes of at least 4 members (excludes halogenated alkanes) is 1. The zero-order valence-electron chi connectivity index (χ0n) is 18.3. The first-order chi connectivity index (χ1) is 14.0. The maximum Gasteiger partial charge on any atom is 0.191 e. The predicted octanol–water partition coefficient (Wildman–Crippen LogP) is 2.49. The van der Waals surface area contributed by atoms with Gasteiger partial charge in [0.1, 0.15) is 18.2 Å². The Balaban J connectivity index is 2.08. The van der Waals surface area contributed by atoms with E-state index < -0.39 is 0 Å². The maximum absolute atomic E-state index is 5.88. The van der Waals surface area contributed by atoms with Gasteiger partial charge in [-0.2, -0.15) is 0 Å². The number of nitrogens with zero attached hydrogens (tertiary/aromatic N) is 4. The molecule has 0 radical (unpaired) electrons. The molecule has 0 spiro atoms. The second-order valence-electron chi connectivity index (χ2n) is 6.97. The van der Waals surface area contributed by atoms with Gasteiger partial charge in [0.05, 0.1) is 19.7 Å². The summed E-state index contributed by atoms with van der Waals surface area (Å²) in [6, 6.07) is 6.19. The summed E-state index contributed by atoms with van der Waals surface area (Å²) in [5.74, 6) is 3.35. The van der Waals surface area contributed by atoms with Gasteiger partial charge in [0.2, 0.25) is 0 Å². The first-order valence-electron chi connectivity index (χ1n) is 10.1. The molecule has 1 heterocycles. The highest BCUT2D eigenvalue weighted by atomic mass is 16.5. The van der Waals surface area contributed by atoms with Gasteiger partial charge >= 0.3 is 0 Å². The molecule has 1 aromatic heterocycles. The van der Waals surface area contributed by atoms with Crippen LogP contribution >= 0.6 is 0 Å². The monoisotopic (exact) mass is 402 g/mol. The molecule has 29 heavy (non-hydrogen) atoms. The van der Waals surface area contributed by atoms with Gasteiger partial charge in [-0.05, 0) is 31.9 Å². The zero-order valence-corrected chi connectivity index (χ0v) is 18.3. The molecule has 0 aliphatic heterocycles. The van der Waals surface area contributed by atoms with Crippen molar-refractivity contribution in [2.45, 2.75) is 46.7 Å². The summed E-state index contributed by atoms with van der Waals surface area (Å²) in [6.45, 7) is 9.17. The van der Waals surface area contributed by atoms with Crippen LogP contribution in [-0.2, 0) is 24.9 Å². The Hall–Kier alpha value is -2.61. The summed E-state index contributed by atoms with van der Waals surface area (Å²) in [5, 5.41) is 15.1. The third-order valence-corrected chi connectivity index (χ3v) is 4.59. The van der Waals surface area contributed by atoms with Crippen molar-refractivity contribution >= 4 is 5.96 Å². The van der Waals surface area contributed by atoms with E-state index >= 15 is 0 Å². The number of rotatable bonds is 11. The van der Waals surface area contributed by atoms with Crippen molar-refractivity contribution in [1.29, 1.82) is 0 Å². The number of aromatic nitrogens is 3. The molecule has 2 aromatic rings. The van der Waals surface area contributed by atoms with Gasteiger partial charge in [0.25, 0.3) is 0 Å². The minimum atomic E-state index is 0.516. The molecule has 1 aromatic carbocycles. The van der Waals surface area contributed by atoms with Crippen molar-refractivity contribution in [3.8, 4) is 5.75 Å². The standard InChI is InChI=1S/C21H34N6O2/c1-6-7-10-22-21(24-15-20-26-25-17(3)27(20)4)23-14-18-9-8-16(2)13-19(18)29-12-11-28-5/h8-9,13H,6-7,10-12,14-15H2,1-5H3,(H2,22,23,24). The van der Waals surface area contributed by atoms with E-state index in [9.17, 15) is 0 Å². The number of benzene rings is 1. The van der Waals surface area contributed by atoms with Crippen LogP contribution in [-0.4, -0.2) is 47.6 Å². The Morgan fingerprint density at radius 1 is 1.17 bits per heavy atom. The lowest BCUT2D eigenvalue weighted by Gasteiger charge is -2.14. The molecular weight excluding hydrogens is 368 g/mol. The number of ether oxygens (including phenoxy) is 2. The molecule has 0 bridgehead atoms. The number of aliphatic imine (C=N–C) groups is 1. The van der Waals surface area contributed by atoms with Crippen LogP contribution in [0.15, 0.2) is 23.2 Å². The minimum absolute atomic E-state index is 0.516. The van der Waals surface area contributed by atoms with Crippen LogP contribution in [0, 0.1) is 13.8 Å². The summed E-state index contributed by atoms with van der Waals surface area (Å²) in [5.41, 5.74) is 2.19. The lowest BCUT2D eigenvalue weighted by Crippen LogP contribution is -2.38. The lowest BCUT2D eigenvalue weighted by molar-refractivity contribution is 0.145. The predicted molar refractivity (Wildman–Crippen MR) is 115 cm³/mol. The Morgan fingerprint density at radius 3 is 2.69 bits per heavy atom. The zero-order chi connectivity index (χ0) is 21.1. The van der Waals surface area contributed by atoms with Crippen molar-refractivity contribution in [3.63, 3.8) is 0 Å². The number of hydrogen-bond donors (Lipinski definition) is 2. The van der Waals surface area contributed by atoms with E-state index in [1.807, 2.05) is 24.6 Å². The van der Waals surface area contributed by atoms with E-state index in [0.717, 1.165) is 53.9 Å². The summed E-state index contributed by atoms with van der Waals surface area (Å²) < 4.78 is 12.9. The van der Waals surface area contributed by atoms with Crippen molar-refractivity contribution in [2.24, 2.45) is 12.0 Å². The molecule has 0 saturated carbocycles. The molecule has 8 heteroatoms. The van der Waals surface area contributed by atoms with Crippen LogP contribution < -0.4 is 15.4 Å². The summed E-state index contributed by atoms with van der Waals surface area (Å²) in [7, 11) is 3.63. The Kier molecular flexibility index (Phi) is 9.43. The van der Waals surface area contributed by atoms with Crippen molar-refractivity contribution < 1.29 is 9.47 Å². The SMILES string of the molecule is CCCCNC(=NCc1ccc(C)cc1OCCOC)NCc1nnc(C)n1C. The highest BCUT2D eigenvalue weighted by molar-refractivity contribution is 5.79. The van der Waals surface area contributed by atoms with Crippen LogP contribution in [0.3, 0.4) is 0 Å². The molecule has 0 fully saturated rings. The molecule has 0 aliphatic rings. The maximum atomic E-state index is 5.88. The number of nitrogens with one attached hydrogen (secondary N) is 2. The third-order valence-electron chi connectivity index (χ3n) is 4.59. The van der Waals surface area contributed by atoms with Crippen LogP contribution in [0.25, 0.3) is 0 Å². The first kappa shape index (κ1) is 22.7. The molecular formula is C21H34N6O2. The molecule has 160 valence electrons.